The highest BCUT2D eigenvalue weighted by Crippen LogP contribution is 2.32. The summed E-state index contributed by atoms with van der Waals surface area (Å²) in [6.07, 6.45) is 2.42. The zero-order chi connectivity index (χ0) is 21.0. The van der Waals surface area contributed by atoms with E-state index < -0.39 is 11.7 Å². The molecule has 1 aliphatic rings. The Kier molecular flexibility index (Phi) is 6.10. The number of ether oxygens (including phenoxy) is 2. The number of rotatable bonds is 4. The first kappa shape index (κ1) is 20.7. The number of nitrogens with zero attached hydrogens (tertiary/aromatic N) is 3. The van der Waals surface area contributed by atoms with Crippen molar-refractivity contribution in [2.24, 2.45) is 0 Å². The molecule has 0 saturated carbocycles. The van der Waals surface area contributed by atoms with Crippen LogP contribution in [-0.2, 0) is 14.3 Å². The largest absolute Gasteiger partial charge is 0.449 e. The normalized spacial score (nSPS) is 15.7. The summed E-state index contributed by atoms with van der Waals surface area (Å²) in [5.41, 5.74) is 1.29. The van der Waals surface area contributed by atoms with Gasteiger partial charge in [-0.25, -0.2) is 9.78 Å². The number of anilines is 1. The summed E-state index contributed by atoms with van der Waals surface area (Å²) in [4.78, 5) is 35.3. The lowest BCUT2D eigenvalue weighted by atomic mass is 10.0. The van der Waals surface area contributed by atoms with E-state index in [1.54, 1.807) is 17.3 Å². The van der Waals surface area contributed by atoms with E-state index in [0.29, 0.717) is 32.0 Å². The summed E-state index contributed by atoms with van der Waals surface area (Å²) < 4.78 is 11.1. The Morgan fingerprint density at radius 2 is 1.83 bits per heavy atom. The van der Waals surface area contributed by atoms with E-state index >= 15 is 0 Å². The molecule has 1 saturated heterocycles. The van der Waals surface area contributed by atoms with Gasteiger partial charge in [0.25, 0.3) is 0 Å². The predicted octanol–water partition coefficient (Wildman–Crippen LogP) is 3.12. The van der Waals surface area contributed by atoms with Gasteiger partial charge in [0.05, 0.1) is 0 Å². The number of benzene rings is 1. The molecule has 1 fully saturated rings. The Hall–Kier alpha value is -3.03. The van der Waals surface area contributed by atoms with Gasteiger partial charge in [0.15, 0.2) is 11.9 Å². The van der Waals surface area contributed by atoms with Gasteiger partial charge in [0.1, 0.15) is 5.60 Å². The highest BCUT2D eigenvalue weighted by atomic mass is 16.6. The van der Waals surface area contributed by atoms with E-state index in [2.05, 4.69) is 14.9 Å². The van der Waals surface area contributed by atoms with Crippen LogP contribution in [-0.4, -0.2) is 58.7 Å². The number of nitrogens with one attached hydrogen (secondary N) is 1. The van der Waals surface area contributed by atoms with Crippen molar-refractivity contribution in [2.45, 2.75) is 39.4 Å². The van der Waals surface area contributed by atoms with Crippen LogP contribution in [0.15, 0.2) is 36.7 Å². The van der Waals surface area contributed by atoms with Gasteiger partial charge in [-0.3, -0.25) is 4.79 Å². The number of carbonyl (C=O) groups excluding carboxylic acids is 2. The fraction of sp³-hybridized carbons (Fsp3) is 0.476. The molecular weight excluding hydrogens is 372 g/mol. The van der Waals surface area contributed by atoms with Crippen molar-refractivity contribution >= 4 is 17.7 Å². The molecular formula is C21H28N4O4. The van der Waals surface area contributed by atoms with Crippen LogP contribution in [0.25, 0.3) is 0 Å². The molecule has 29 heavy (non-hydrogen) atoms. The number of carbonyl (C=O) groups is 2. The second kappa shape index (κ2) is 8.55. The molecule has 1 unspecified atom stereocenters. The van der Waals surface area contributed by atoms with Gasteiger partial charge in [0, 0.05) is 56.7 Å². The molecule has 0 radical (unpaired) electrons. The maximum Gasteiger partial charge on any atom is 0.410 e. The van der Waals surface area contributed by atoms with Crippen LogP contribution in [0.5, 0.6) is 0 Å². The van der Waals surface area contributed by atoms with Crippen LogP contribution in [0.3, 0.4) is 0 Å². The van der Waals surface area contributed by atoms with Gasteiger partial charge < -0.3 is 24.3 Å². The third-order valence-corrected chi connectivity index (χ3v) is 4.54. The van der Waals surface area contributed by atoms with Crippen LogP contribution in [0.2, 0.25) is 0 Å². The number of aromatic nitrogens is 2. The fourth-order valence-corrected chi connectivity index (χ4v) is 3.31. The molecule has 1 amide bonds. The summed E-state index contributed by atoms with van der Waals surface area (Å²) >= 11 is 0. The van der Waals surface area contributed by atoms with Gasteiger partial charge >= 0.3 is 12.1 Å². The Labute approximate surface area is 170 Å². The minimum absolute atomic E-state index is 0.293. The molecule has 1 aliphatic heterocycles. The van der Waals surface area contributed by atoms with Crippen molar-refractivity contribution in [3.63, 3.8) is 0 Å². The fourth-order valence-electron chi connectivity index (χ4n) is 3.31. The first-order valence-electron chi connectivity index (χ1n) is 9.73. The van der Waals surface area contributed by atoms with Gasteiger partial charge in [-0.15, -0.1) is 0 Å². The lowest BCUT2D eigenvalue weighted by Crippen LogP contribution is -2.50. The maximum absolute atomic E-state index is 12.3. The highest BCUT2D eigenvalue weighted by Gasteiger charge is 2.29. The second-order valence-electron chi connectivity index (χ2n) is 7.98. The van der Waals surface area contributed by atoms with E-state index in [9.17, 15) is 9.59 Å². The Morgan fingerprint density at radius 1 is 1.14 bits per heavy atom. The number of para-hydroxylation sites is 1. The van der Waals surface area contributed by atoms with Crippen molar-refractivity contribution in [3.8, 4) is 0 Å². The molecule has 2 aromatic rings. The SMILES string of the molecule is CC(=O)OC(c1ncc[nH]1)c1ccccc1N1CCN(C(=O)OC(C)(C)C)CC1. The van der Waals surface area contributed by atoms with E-state index in [-0.39, 0.29) is 12.1 Å². The Balaban J connectivity index is 1.77. The van der Waals surface area contributed by atoms with E-state index in [1.807, 2.05) is 45.0 Å². The molecule has 8 heteroatoms. The first-order valence-corrected chi connectivity index (χ1v) is 9.73. The average Bonchev–Trinajstić information content (AvgIpc) is 3.19. The maximum atomic E-state index is 12.3. The lowest BCUT2D eigenvalue weighted by molar-refractivity contribution is -0.145. The molecule has 156 valence electrons. The number of hydrogen-bond donors (Lipinski definition) is 1. The minimum atomic E-state index is -0.623. The smallest absolute Gasteiger partial charge is 0.410 e. The van der Waals surface area contributed by atoms with Crippen LogP contribution in [0.4, 0.5) is 10.5 Å². The Bertz CT molecular complexity index is 837. The summed E-state index contributed by atoms with van der Waals surface area (Å²) in [6.45, 7) is 9.40. The topological polar surface area (TPSA) is 87.8 Å². The third kappa shape index (κ3) is 5.28. The number of imidazole rings is 1. The molecule has 1 aromatic heterocycles. The van der Waals surface area contributed by atoms with Crippen LogP contribution in [0, 0.1) is 0 Å². The molecule has 1 N–H and O–H groups in total. The van der Waals surface area contributed by atoms with Crippen molar-refractivity contribution in [1.29, 1.82) is 0 Å². The van der Waals surface area contributed by atoms with Gasteiger partial charge in [-0.05, 0) is 26.8 Å². The summed E-state index contributed by atoms with van der Waals surface area (Å²) in [7, 11) is 0. The quantitative estimate of drug-likeness (QED) is 0.794. The van der Waals surface area contributed by atoms with E-state index in [1.165, 1.54) is 6.92 Å². The van der Waals surface area contributed by atoms with Crippen molar-refractivity contribution in [3.05, 3.63) is 48.0 Å². The molecule has 0 bridgehead atoms. The van der Waals surface area contributed by atoms with Crippen molar-refractivity contribution < 1.29 is 19.1 Å². The second-order valence-corrected chi connectivity index (χ2v) is 7.98. The number of H-pyrrole nitrogens is 1. The highest BCUT2D eigenvalue weighted by molar-refractivity contribution is 5.69. The molecule has 3 rings (SSSR count). The standard InChI is InChI=1S/C21H28N4O4/c1-15(26)28-18(19-22-9-10-23-19)16-7-5-6-8-17(16)24-11-13-25(14-12-24)20(27)29-21(2,3)4/h5-10,18H,11-14H2,1-4H3,(H,22,23). The molecule has 0 aliphatic carbocycles. The molecule has 8 nitrogen and oxygen atoms in total. The average molecular weight is 400 g/mol. The zero-order valence-corrected chi connectivity index (χ0v) is 17.3. The third-order valence-electron chi connectivity index (χ3n) is 4.54. The number of aromatic amines is 1. The van der Waals surface area contributed by atoms with Crippen LogP contribution < -0.4 is 4.90 Å². The first-order chi connectivity index (χ1) is 13.7. The molecule has 0 spiro atoms. The lowest BCUT2D eigenvalue weighted by Gasteiger charge is -2.38. The number of piperazine rings is 1. The molecule has 1 atom stereocenters. The number of esters is 1. The van der Waals surface area contributed by atoms with E-state index in [4.69, 9.17) is 9.47 Å². The molecule has 2 heterocycles. The summed E-state index contributed by atoms with van der Waals surface area (Å²) in [6, 6.07) is 7.80. The van der Waals surface area contributed by atoms with Crippen molar-refractivity contribution in [2.75, 3.05) is 31.1 Å². The zero-order valence-electron chi connectivity index (χ0n) is 17.3. The molecule has 1 aromatic carbocycles. The summed E-state index contributed by atoms with van der Waals surface area (Å²) in [5.74, 6) is 0.191. The van der Waals surface area contributed by atoms with E-state index in [0.717, 1.165) is 11.3 Å². The van der Waals surface area contributed by atoms with Crippen molar-refractivity contribution in [1.82, 2.24) is 14.9 Å². The van der Waals surface area contributed by atoms with Gasteiger partial charge in [-0.2, -0.15) is 0 Å². The predicted molar refractivity (Wildman–Crippen MR) is 109 cm³/mol. The van der Waals surface area contributed by atoms with Gasteiger partial charge in [-0.1, -0.05) is 18.2 Å². The number of amides is 1. The van der Waals surface area contributed by atoms with Crippen LogP contribution >= 0.6 is 0 Å². The van der Waals surface area contributed by atoms with Gasteiger partial charge in [0.2, 0.25) is 0 Å². The number of hydrogen-bond acceptors (Lipinski definition) is 6. The minimum Gasteiger partial charge on any atom is -0.449 e. The monoisotopic (exact) mass is 400 g/mol. The van der Waals surface area contributed by atoms with Crippen LogP contribution in [0.1, 0.15) is 45.2 Å². The Morgan fingerprint density at radius 3 is 2.41 bits per heavy atom. The summed E-state index contributed by atoms with van der Waals surface area (Å²) in [5, 5.41) is 0.